The van der Waals surface area contributed by atoms with Crippen molar-refractivity contribution in [1.82, 2.24) is 0 Å². The highest BCUT2D eigenvalue weighted by molar-refractivity contribution is 5.90. The van der Waals surface area contributed by atoms with Crippen LogP contribution in [0.5, 0.6) is 0 Å². The molecule has 4 nitrogen and oxygen atoms in total. The summed E-state index contributed by atoms with van der Waals surface area (Å²) in [6, 6.07) is -0.210. The second kappa shape index (κ2) is 3.40. The van der Waals surface area contributed by atoms with Gasteiger partial charge in [0.1, 0.15) is 5.76 Å². The molecule has 12 heavy (non-hydrogen) atoms. The Bertz CT molecular complexity index is 255. The van der Waals surface area contributed by atoms with Crippen molar-refractivity contribution in [1.29, 1.82) is 0 Å². The molecule has 0 spiro atoms. The molecule has 0 radical (unpaired) electrons. The van der Waals surface area contributed by atoms with Gasteiger partial charge in [-0.3, -0.25) is 0 Å². The Morgan fingerprint density at radius 2 is 2.50 bits per heavy atom. The van der Waals surface area contributed by atoms with Crippen LogP contribution in [-0.2, 0) is 9.53 Å². The Morgan fingerprint density at radius 1 is 1.83 bits per heavy atom. The molecule has 0 heterocycles. The molecule has 1 aliphatic rings. The van der Waals surface area contributed by atoms with E-state index in [0.29, 0.717) is 12.2 Å². The molecule has 1 unspecified atom stereocenters. The van der Waals surface area contributed by atoms with Crippen LogP contribution >= 0.6 is 0 Å². The Kier molecular flexibility index (Phi) is 2.50. The van der Waals surface area contributed by atoms with Gasteiger partial charge in [-0.2, -0.15) is 0 Å². The molecular formula is C8H11NO3. The maximum atomic E-state index is 10.5. The average Bonchev–Trinajstić information content (AvgIpc) is 2.05. The molecule has 0 amide bonds. The number of nitrogens with two attached hydrogens (primary N) is 1. The third kappa shape index (κ3) is 1.65. The summed E-state index contributed by atoms with van der Waals surface area (Å²) in [5, 5.41) is 8.63. The molecule has 3 N–H and O–H groups in total. The predicted molar refractivity (Wildman–Crippen MR) is 43.4 cm³/mol. The minimum absolute atomic E-state index is 0.210. The largest absolute Gasteiger partial charge is 0.499 e. The lowest BCUT2D eigenvalue weighted by molar-refractivity contribution is -0.132. The number of carboxylic acids is 1. The molecule has 0 saturated carbocycles. The SMILES string of the molecule is COC1=CC(C(=O)O)=CCC1N. The van der Waals surface area contributed by atoms with Gasteiger partial charge in [0.2, 0.25) is 0 Å². The molecule has 0 aromatic rings. The molecule has 1 rings (SSSR count). The van der Waals surface area contributed by atoms with Gasteiger partial charge in [-0.25, -0.2) is 4.79 Å². The summed E-state index contributed by atoms with van der Waals surface area (Å²) in [7, 11) is 1.48. The Labute approximate surface area is 70.3 Å². The van der Waals surface area contributed by atoms with E-state index in [1.165, 1.54) is 13.2 Å². The van der Waals surface area contributed by atoms with Crippen LogP contribution in [0, 0.1) is 0 Å². The maximum absolute atomic E-state index is 10.5. The molecule has 1 aliphatic carbocycles. The number of rotatable bonds is 2. The van der Waals surface area contributed by atoms with E-state index in [4.69, 9.17) is 15.6 Å². The third-order valence-corrected chi connectivity index (χ3v) is 1.74. The van der Waals surface area contributed by atoms with E-state index < -0.39 is 5.97 Å². The molecule has 4 heteroatoms. The van der Waals surface area contributed by atoms with Gasteiger partial charge in [-0.1, -0.05) is 6.08 Å². The van der Waals surface area contributed by atoms with Crippen molar-refractivity contribution in [3.63, 3.8) is 0 Å². The highest BCUT2D eigenvalue weighted by Gasteiger charge is 2.17. The molecule has 0 saturated heterocycles. The molecule has 0 bridgehead atoms. The lowest BCUT2D eigenvalue weighted by Gasteiger charge is -2.17. The minimum atomic E-state index is -0.948. The van der Waals surface area contributed by atoms with Gasteiger partial charge in [0.15, 0.2) is 0 Å². The van der Waals surface area contributed by atoms with Gasteiger partial charge < -0.3 is 15.6 Å². The number of methoxy groups -OCH3 is 1. The molecule has 0 aromatic carbocycles. The van der Waals surface area contributed by atoms with Crippen molar-refractivity contribution in [2.45, 2.75) is 12.5 Å². The van der Waals surface area contributed by atoms with Crippen LogP contribution < -0.4 is 5.73 Å². The van der Waals surface area contributed by atoms with Crippen molar-refractivity contribution in [2.75, 3.05) is 7.11 Å². The zero-order valence-electron chi connectivity index (χ0n) is 6.78. The summed E-state index contributed by atoms with van der Waals surface area (Å²) in [5.41, 5.74) is 5.87. The summed E-state index contributed by atoms with van der Waals surface area (Å²) in [5.74, 6) is -0.425. The van der Waals surface area contributed by atoms with Crippen LogP contribution in [0.3, 0.4) is 0 Å². The summed E-state index contributed by atoms with van der Waals surface area (Å²) >= 11 is 0. The molecule has 66 valence electrons. The number of hydrogen-bond acceptors (Lipinski definition) is 3. The van der Waals surface area contributed by atoms with E-state index in [9.17, 15) is 4.79 Å². The summed E-state index contributed by atoms with van der Waals surface area (Å²) in [6.07, 6.45) is 3.56. The van der Waals surface area contributed by atoms with Gasteiger partial charge in [-0.15, -0.1) is 0 Å². The van der Waals surface area contributed by atoms with Crippen molar-refractivity contribution in [3.05, 3.63) is 23.5 Å². The van der Waals surface area contributed by atoms with Crippen molar-refractivity contribution in [2.24, 2.45) is 5.73 Å². The normalized spacial score (nSPS) is 22.7. The Balaban J connectivity index is 2.84. The van der Waals surface area contributed by atoms with Crippen molar-refractivity contribution in [3.8, 4) is 0 Å². The van der Waals surface area contributed by atoms with Gasteiger partial charge in [-0.05, 0) is 12.5 Å². The predicted octanol–water partition coefficient (Wildman–Crippen LogP) is 0.259. The van der Waals surface area contributed by atoms with E-state index in [1.54, 1.807) is 6.08 Å². The molecule has 0 aromatic heterocycles. The standard InChI is InChI=1S/C8H11NO3/c1-12-7-4-5(8(10)11)2-3-6(7)9/h2,4,6H,3,9H2,1H3,(H,10,11). The Hall–Kier alpha value is -1.29. The van der Waals surface area contributed by atoms with E-state index in [2.05, 4.69) is 0 Å². The highest BCUT2D eigenvalue weighted by Crippen LogP contribution is 2.16. The number of carbonyl (C=O) groups is 1. The third-order valence-electron chi connectivity index (χ3n) is 1.74. The fourth-order valence-corrected chi connectivity index (χ4v) is 1.05. The van der Waals surface area contributed by atoms with E-state index in [1.807, 2.05) is 0 Å². The molecule has 1 atom stereocenters. The summed E-state index contributed by atoms with van der Waals surface area (Å²) < 4.78 is 4.92. The smallest absolute Gasteiger partial charge is 0.335 e. The zero-order valence-corrected chi connectivity index (χ0v) is 6.78. The van der Waals surface area contributed by atoms with Crippen LogP contribution in [0.15, 0.2) is 23.5 Å². The summed E-state index contributed by atoms with van der Waals surface area (Å²) in [4.78, 5) is 10.5. The first-order valence-corrected chi connectivity index (χ1v) is 3.59. The fraction of sp³-hybridized carbons (Fsp3) is 0.375. The first-order chi connectivity index (χ1) is 5.65. The Morgan fingerprint density at radius 3 is 3.00 bits per heavy atom. The number of hydrogen-bond donors (Lipinski definition) is 2. The first kappa shape index (κ1) is 8.80. The van der Waals surface area contributed by atoms with Crippen LogP contribution in [-0.4, -0.2) is 24.2 Å². The summed E-state index contributed by atoms with van der Waals surface area (Å²) in [6.45, 7) is 0. The zero-order chi connectivity index (χ0) is 9.14. The van der Waals surface area contributed by atoms with Crippen molar-refractivity contribution < 1.29 is 14.6 Å². The topological polar surface area (TPSA) is 72.5 Å². The lowest BCUT2D eigenvalue weighted by atomic mass is 10.0. The fourth-order valence-electron chi connectivity index (χ4n) is 1.05. The second-order valence-corrected chi connectivity index (χ2v) is 2.56. The van der Waals surface area contributed by atoms with Crippen molar-refractivity contribution >= 4 is 5.97 Å². The van der Waals surface area contributed by atoms with Gasteiger partial charge >= 0.3 is 5.97 Å². The van der Waals surface area contributed by atoms with Crippen LogP contribution in [0.1, 0.15) is 6.42 Å². The van der Waals surface area contributed by atoms with E-state index in [-0.39, 0.29) is 11.6 Å². The van der Waals surface area contributed by atoms with Crippen LogP contribution in [0.4, 0.5) is 0 Å². The van der Waals surface area contributed by atoms with E-state index in [0.717, 1.165) is 0 Å². The van der Waals surface area contributed by atoms with Gasteiger partial charge in [0, 0.05) is 0 Å². The second-order valence-electron chi connectivity index (χ2n) is 2.56. The highest BCUT2D eigenvalue weighted by atomic mass is 16.5. The van der Waals surface area contributed by atoms with Crippen LogP contribution in [0.2, 0.25) is 0 Å². The number of ether oxygens (including phenoxy) is 1. The van der Waals surface area contributed by atoms with Gasteiger partial charge in [0.05, 0.1) is 18.7 Å². The van der Waals surface area contributed by atoms with Gasteiger partial charge in [0.25, 0.3) is 0 Å². The number of carboxylic acid groups (broad SMARTS) is 1. The quantitative estimate of drug-likeness (QED) is 0.621. The molecule has 0 fully saturated rings. The molecule has 0 aliphatic heterocycles. The maximum Gasteiger partial charge on any atom is 0.335 e. The average molecular weight is 169 g/mol. The molecular weight excluding hydrogens is 158 g/mol. The van der Waals surface area contributed by atoms with E-state index >= 15 is 0 Å². The van der Waals surface area contributed by atoms with Crippen LogP contribution in [0.25, 0.3) is 0 Å². The lowest BCUT2D eigenvalue weighted by Crippen LogP contribution is -2.26. The minimum Gasteiger partial charge on any atom is -0.499 e. The monoisotopic (exact) mass is 169 g/mol. The number of aliphatic carboxylic acids is 1. The first-order valence-electron chi connectivity index (χ1n) is 3.59.